The molecule has 0 fully saturated rings. The molecule has 0 aliphatic heterocycles. The maximum atomic E-state index is 5.13. The van der Waals surface area contributed by atoms with E-state index in [-0.39, 0.29) is 0 Å². The van der Waals surface area contributed by atoms with Crippen LogP contribution in [0, 0.1) is 5.92 Å². The molecular weight excluding hydrogens is 190 g/mol. The first kappa shape index (κ1) is 12.2. The van der Waals surface area contributed by atoms with Crippen LogP contribution in [0.5, 0.6) is 0 Å². The summed E-state index contributed by atoms with van der Waals surface area (Å²) < 4.78 is 5.13. The summed E-state index contributed by atoms with van der Waals surface area (Å²) in [4.78, 5) is 3.86. The molecule has 0 bridgehead atoms. The number of nitrogens with zero attached hydrogens (tertiary/aromatic N) is 1. The van der Waals surface area contributed by atoms with Gasteiger partial charge in [-0.2, -0.15) is 0 Å². The zero-order chi connectivity index (χ0) is 11.1. The zero-order valence-corrected chi connectivity index (χ0v) is 9.79. The fourth-order valence-corrected chi connectivity index (χ4v) is 1.26. The maximum Gasteiger partial charge on any atom is 0.180 e. The summed E-state index contributed by atoms with van der Waals surface area (Å²) >= 11 is 0. The second kappa shape index (κ2) is 6.58. The van der Waals surface area contributed by atoms with Gasteiger partial charge in [-0.25, -0.2) is 4.98 Å². The van der Waals surface area contributed by atoms with Gasteiger partial charge in [0, 0.05) is 12.6 Å². The van der Waals surface area contributed by atoms with Crippen molar-refractivity contribution in [2.75, 3.05) is 13.1 Å². The van der Waals surface area contributed by atoms with E-state index in [9.17, 15) is 0 Å². The molecule has 0 aliphatic rings. The maximum absolute atomic E-state index is 5.13. The van der Waals surface area contributed by atoms with Gasteiger partial charge in [0.2, 0.25) is 0 Å². The van der Waals surface area contributed by atoms with Crippen molar-refractivity contribution in [3.8, 4) is 0 Å². The van der Waals surface area contributed by atoms with Crippen LogP contribution >= 0.6 is 0 Å². The monoisotopic (exact) mass is 211 g/mol. The van der Waals surface area contributed by atoms with E-state index in [0.717, 1.165) is 25.4 Å². The highest BCUT2D eigenvalue weighted by atomic mass is 16.3. The highest BCUT2D eigenvalue weighted by Gasteiger charge is 2.03. The summed E-state index contributed by atoms with van der Waals surface area (Å²) in [6, 6.07) is 0.439. The predicted molar refractivity (Wildman–Crippen MR) is 60.5 cm³/mol. The first-order valence-electron chi connectivity index (χ1n) is 5.50. The molecule has 0 saturated carbocycles. The van der Waals surface area contributed by atoms with Gasteiger partial charge in [-0.3, -0.25) is 0 Å². The van der Waals surface area contributed by atoms with Gasteiger partial charge in [0.05, 0.1) is 12.7 Å². The molecule has 1 heterocycles. The van der Waals surface area contributed by atoms with E-state index in [2.05, 4.69) is 36.4 Å². The van der Waals surface area contributed by atoms with Gasteiger partial charge in [-0.15, -0.1) is 0 Å². The fraction of sp³-hybridized carbons (Fsp3) is 0.727. The van der Waals surface area contributed by atoms with Gasteiger partial charge in [0.15, 0.2) is 6.39 Å². The van der Waals surface area contributed by atoms with Crippen molar-refractivity contribution in [2.45, 2.75) is 33.4 Å². The van der Waals surface area contributed by atoms with Crippen LogP contribution in [0.3, 0.4) is 0 Å². The molecule has 0 aromatic carbocycles. The number of rotatable bonds is 7. The molecular formula is C11H21N3O. The van der Waals surface area contributed by atoms with Crippen molar-refractivity contribution in [1.82, 2.24) is 15.6 Å². The summed E-state index contributed by atoms with van der Waals surface area (Å²) in [5.41, 5.74) is 0. The summed E-state index contributed by atoms with van der Waals surface area (Å²) in [7, 11) is 0. The van der Waals surface area contributed by atoms with E-state index >= 15 is 0 Å². The third kappa shape index (κ3) is 5.54. The van der Waals surface area contributed by atoms with E-state index in [0.29, 0.717) is 12.0 Å². The van der Waals surface area contributed by atoms with E-state index in [1.165, 1.54) is 6.39 Å². The summed E-state index contributed by atoms with van der Waals surface area (Å²) in [6.07, 6.45) is 3.19. The second-order valence-corrected chi connectivity index (χ2v) is 4.30. The molecule has 1 atom stereocenters. The van der Waals surface area contributed by atoms with Crippen molar-refractivity contribution < 1.29 is 4.42 Å². The van der Waals surface area contributed by atoms with E-state index in [1.54, 1.807) is 6.20 Å². The lowest BCUT2D eigenvalue weighted by molar-refractivity contribution is 0.431. The highest BCUT2D eigenvalue weighted by molar-refractivity contribution is 4.87. The fourth-order valence-electron chi connectivity index (χ4n) is 1.26. The number of hydrogen-bond donors (Lipinski definition) is 2. The molecule has 0 radical (unpaired) electrons. The Morgan fingerprint density at radius 2 is 2.13 bits per heavy atom. The Balaban J connectivity index is 2.06. The standard InChI is InChI=1S/C11H21N3O/c1-9(2)4-12-5-10(3)14-7-11-6-13-8-15-11/h6,8-10,12,14H,4-5,7H2,1-3H3. The first-order valence-corrected chi connectivity index (χ1v) is 5.50. The predicted octanol–water partition coefficient (Wildman–Crippen LogP) is 1.40. The quantitative estimate of drug-likeness (QED) is 0.715. The van der Waals surface area contributed by atoms with Crippen LogP contribution in [0.15, 0.2) is 17.0 Å². The van der Waals surface area contributed by atoms with Crippen LogP contribution in [-0.4, -0.2) is 24.1 Å². The van der Waals surface area contributed by atoms with Crippen molar-refractivity contribution in [1.29, 1.82) is 0 Å². The van der Waals surface area contributed by atoms with Gasteiger partial charge < -0.3 is 15.1 Å². The molecule has 0 amide bonds. The Morgan fingerprint density at radius 1 is 1.33 bits per heavy atom. The Kier molecular flexibility index (Phi) is 5.36. The van der Waals surface area contributed by atoms with Crippen molar-refractivity contribution in [3.05, 3.63) is 18.4 Å². The third-order valence-electron chi connectivity index (χ3n) is 2.11. The number of nitrogens with one attached hydrogen (secondary N) is 2. The third-order valence-corrected chi connectivity index (χ3v) is 2.11. The molecule has 86 valence electrons. The average Bonchev–Trinajstić information content (AvgIpc) is 2.66. The minimum Gasteiger partial charge on any atom is -0.447 e. The molecule has 1 rings (SSSR count). The molecule has 15 heavy (non-hydrogen) atoms. The van der Waals surface area contributed by atoms with E-state index < -0.39 is 0 Å². The van der Waals surface area contributed by atoms with Crippen LogP contribution in [-0.2, 0) is 6.54 Å². The number of aromatic nitrogens is 1. The van der Waals surface area contributed by atoms with Crippen LogP contribution < -0.4 is 10.6 Å². The topological polar surface area (TPSA) is 50.1 Å². The smallest absolute Gasteiger partial charge is 0.180 e. The average molecular weight is 211 g/mol. The van der Waals surface area contributed by atoms with Gasteiger partial charge in [0.1, 0.15) is 5.76 Å². The molecule has 1 unspecified atom stereocenters. The van der Waals surface area contributed by atoms with Gasteiger partial charge in [-0.05, 0) is 19.4 Å². The van der Waals surface area contributed by atoms with Gasteiger partial charge >= 0.3 is 0 Å². The normalized spacial score (nSPS) is 13.3. The van der Waals surface area contributed by atoms with Crippen LogP contribution in [0.1, 0.15) is 26.5 Å². The Labute approximate surface area is 91.5 Å². The number of oxazole rings is 1. The van der Waals surface area contributed by atoms with Crippen molar-refractivity contribution in [3.63, 3.8) is 0 Å². The minimum absolute atomic E-state index is 0.439. The minimum atomic E-state index is 0.439. The van der Waals surface area contributed by atoms with E-state index in [1.807, 2.05) is 0 Å². The molecule has 2 N–H and O–H groups in total. The molecule has 0 spiro atoms. The number of hydrogen-bond acceptors (Lipinski definition) is 4. The van der Waals surface area contributed by atoms with Crippen molar-refractivity contribution >= 4 is 0 Å². The molecule has 4 nitrogen and oxygen atoms in total. The summed E-state index contributed by atoms with van der Waals surface area (Å²) in [5.74, 6) is 1.58. The van der Waals surface area contributed by atoms with Crippen LogP contribution in [0.25, 0.3) is 0 Å². The second-order valence-electron chi connectivity index (χ2n) is 4.30. The SMILES string of the molecule is CC(C)CNCC(C)NCc1cnco1. The van der Waals surface area contributed by atoms with Crippen molar-refractivity contribution in [2.24, 2.45) is 5.92 Å². The van der Waals surface area contributed by atoms with Crippen LogP contribution in [0.2, 0.25) is 0 Å². The van der Waals surface area contributed by atoms with Gasteiger partial charge in [0.25, 0.3) is 0 Å². The summed E-state index contributed by atoms with van der Waals surface area (Å²) in [5, 5.41) is 6.77. The summed E-state index contributed by atoms with van der Waals surface area (Å²) in [6.45, 7) is 9.36. The Morgan fingerprint density at radius 3 is 2.73 bits per heavy atom. The zero-order valence-electron chi connectivity index (χ0n) is 9.79. The Hall–Kier alpha value is -0.870. The lowest BCUT2D eigenvalue weighted by Gasteiger charge is -2.14. The van der Waals surface area contributed by atoms with E-state index in [4.69, 9.17) is 4.42 Å². The largest absolute Gasteiger partial charge is 0.447 e. The molecule has 1 aromatic rings. The molecule has 0 saturated heterocycles. The lowest BCUT2D eigenvalue weighted by Crippen LogP contribution is -2.37. The Bertz CT molecular complexity index is 246. The molecule has 4 heteroatoms. The lowest BCUT2D eigenvalue weighted by atomic mass is 10.2. The molecule has 1 aromatic heterocycles. The first-order chi connectivity index (χ1) is 7.18. The van der Waals surface area contributed by atoms with Crippen LogP contribution in [0.4, 0.5) is 0 Å². The molecule has 0 aliphatic carbocycles. The highest BCUT2D eigenvalue weighted by Crippen LogP contribution is 1.96. The van der Waals surface area contributed by atoms with Gasteiger partial charge in [-0.1, -0.05) is 13.8 Å².